The van der Waals surface area contributed by atoms with Crippen molar-refractivity contribution in [3.63, 3.8) is 0 Å². The Morgan fingerprint density at radius 2 is 1.04 bits per heavy atom. The Kier molecular flexibility index (Phi) is 6.57. The second-order valence-electron chi connectivity index (χ2n) is 13.4. The summed E-state index contributed by atoms with van der Waals surface area (Å²) >= 11 is 0. The fourth-order valence-corrected chi connectivity index (χ4v) is 7.67. The fourth-order valence-electron chi connectivity index (χ4n) is 7.67. The molecule has 4 heteroatoms. The zero-order chi connectivity index (χ0) is 33.4. The van der Waals surface area contributed by atoms with Crippen LogP contribution in [0.5, 0.6) is 0 Å². The molecule has 9 rings (SSSR count). The highest BCUT2D eigenvalue weighted by Gasteiger charge is 2.20. The second kappa shape index (κ2) is 11.0. The lowest BCUT2D eigenvalue weighted by molar-refractivity contribution is 0.989. The first-order valence-electron chi connectivity index (χ1n) is 16.9. The highest BCUT2D eigenvalue weighted by Crippen LogP contribution is 2.40. The molecule has 0 aliphatic carbocycles. The third-order valence-electron chi connectivity index (χ3n) is 10.1. The van der Waals surface area contributed by atoms with E-state index < -0.39 is 0 Å². The van der Waals surface area contributed by atoms with Gasteiger partial charge in [0.1, 0.15) is 5.82 Å². The zero-order valence-electron chi connectivity index (χ0n) is 28.4. The van der Waals surface area contributed by atoms with Crippen molar-refractivity contribution < 1.29 is 0 Å². The van der Waals surface area contributed by atoms with Gasteiger partial charge in [-0.3, -0.25) is 0 Å². The minimum Gasteiger partial charge on any atom is -0.309 e. The van der Waals surface area contributed by atoms with E-state index in [9.17, 15) is 0 Å². The molecule has 0 radical (unpaired) electrons. The highest BCUT2D eigenvalue weighted by molar-refractivity contribution is 6.11. The highest BCUT2D eigenvalue weighted by atomic mass is 15.0. The molecule has 49 heavy (non-hydrogen) atoms. The number of para-hydroxylation sites is 2. The lowest BCUT2D eigenvalue weighted by Gasteiger charge is -2.18. The molecule has 0 saturated carbocycles. The van der Waals surface area contributed by atoms with Crippen molar-refractivity contribution in [3.05, 3.63) is 156 Å². The van der Waals surface area contributed by atoms with Crippen molar-refractivity contribution in [2.24, 2.45) is 0 Å². The van der Waals surface area contributed by atoms with Crippen LogP contribution in [0.15, 0.2) is 127 Å². The van der Waals surface area contributed by atoms with Gasteiger partial charge in [-0.2, -0.15) is 0 Å². The first-order chi connectivity index (χ1) is 23.9. The number of fused-ring (bicyclic) bond motifs is 6. The molecule has 0 N–H and O–H groups in total. The maximum absolute atomic E-state index is 5.09. The summed E-state index contributed by atoms with van der Waals surface area (Å²) in [5.74, 6) is 0.774. The van der Waals surface area contributed by atoms with E-state index in [1.807, 2.05) is 6.92 Å². The molecule has 0 saturated heterocycles. The molecular weight excluding hydrogens is 597 g/mol. The van der Waals surface area contributed by atoms with Gasteiger partial charge in [0.25, 0.3) is 0 Å². The molecule has 9 aromatic rings. The van der Waals surface area contributed by atoms with Crippen LogP contribution in [-0.4, -0.2) is 19.1 Å². The van der Waals surface area contributed by atoms with Gasteiger partial charge in [0.15, 0.2) is 0 Å². The second-order valence-corrected chi connectivity index (χ2v) is 13.4. The molecule has 3 aromatic heterocycles. The molecule has 0 spiro atoms. The van der Waals surface area contributed by atoms with Gasteiger partial charge in [-0.25, -0.2) is 9.97 Å². The van der Waals surface area contributed by atoms with Crippen LogP contribution in [0.1, 0.15) is 28.2 Å². The molecule has 6 aromatic carbocycles. The van der Waals surface area contributed by atoms with Crippen LogP contribution >= 0.6 is 0 Å². The Balaban J connectivity index is 1.30. The smallest absolute Gasteiger partial charge is 0.126 e. The molecule has 0 fully saturated rings. The van der Waals surface area contributed by atoms with Crippen molar-refractivity contribution in [2.45, 2.75) is 34.6 Å². The van der Waals surface area contributed by atoms with Crippen molar-refractivity contribution in [1.29, 1.82) is 0 Å². The van der Waals surface area contributed by atoms with Crippen LogP contribution < -0.4 is 0 Å². The molecule has 0 aliphatic heterocycles. The lowest BCUT2D eigenvalue weighted by Crippen LogP contribution is -2.03. The van der Waals surface area contributed by atoms with E-state index in [0.717, 1.165) is 50.8 Å². The summed E-state index contributed by atoms with van der Waals surface area (Å²) in [5, 5.41) is 5.05. The standard InChI is InChI=1S/C45H36N4/c1-27-17-20-42-37(23-27)35-13-6-8-15-40(35)48(42)34-12-10-11-32(25-34)33-19-22-44(39(26-33)45-29(3)30(4)46-31(5)47-45)49-41-16-9-7-14-36(41)38-24-28(2)18-21-43(38)49/h6-26H,1-5H3. The quantitative estimate of drug-likeness (QED) is 0.193. The number of benzene rings is 6. The lowest BCUT2D eigenvalue weighted by atomic mass is 9.97. The summed E-state index contributed by atoms with van der Waals surface area (Å²) in [5.41, 5.74) is 16.0. The predicted octanol–water partition coefficient (Wildman–Crippen LogP) is 11.5. The van der Waals surface area contributed by atoms with Crippen molar-refractivity contribution >= 4 is 43.6 Å². The van der Waals surface area contributed by atoms with Gasteiger partial charge in [-0.05, 0) is 112 Å². The van der Waals surface area contributed by atoms with Crippen LogP contribution in [0.25, 0.3) is 77.4 Å². The minimum absolute atomic E-state index is 0.774. The van der Waals surface area contributed by atoms with Crippen LogP contribution in [-0.2, 0) is 0 Å². The molecule has 0 atom stereocenters. The first kappa shape index (κ1) is 29.2. The average molecular weight is 633 g/mol. The van der Waals surface area contributed by atoms with Crippen LogP contribution in [0.3, 0.4) is 0 Å². The Labute approximate surface area is 285 Å². The Bertz CT molecular complexity index is 2780. The molecule has 0 amide bonds. The van der Waals surface area contributed by atoms with Gasteiger partial charge in [0, 0.05) is 38.5 Å². The first-order valence-corrected chi connectivity index (χ1v) is 16.9. The fraction of sp³-hybridized carbons (Fsp3) is 0.111. The predicted molar refractivity (Wildman–Crippen MR) is 205 cm³/mol. The van der Waals surface area contributed by atoms with E-state index in [4.69, 9.17) is 9.97 Å². The number of rotatable bonds is 4. The summed E-state index contributed by atoms with van der Waals surface area (Å²) in [6.45, 7) is 10.5. The van der Waals surface area contributed by atoms with Crippen molar-refractivity contribution in [3.8, 4) is 33.8 Å². The monoisotopic (exact) mass is 632 g/mol. The molecule has 4 nitrogen and oxygen atoms in total. The summed E-state index contributed by atoms with van der Waals surface area (Å²) < 4.78 is 4.80. The molecular formula is C45H36N4. The molecule has 0 unspecified atom stereocenters. The van der Waals surface area contributed by atoms with E-state index in [-0.39, 0.29) is 0 Å². The van der Waals surface area contributed by atoms with E-state index in [2.05, 4.69) is 164 Å². The zero-order valence-corrected chi connectivity index (χ0v) is 28.4. The van der Waals surface area contributed by atoms with E-state index >= 15 is 0 Å². The molecule has 3 heterocycles. The van der Waals surface area contributed by atoms with Crippen LogP contribution in [0.4, 0.5) is 0 Å². The van der Waals surface area contributed by atoms with E-state index in [0.29, 0.717) is 0 Å². The van der Waals surface area contributed by atoms with Crippen LogP contribution in [0, 0.1) is 34.6 Å². The maximum Gasteiger partial charge on any atom is 0.126 e. The topological polar surface area (TPSA) is 35.6 Å². The van der Waals surface area contributed by atoms with Gasteiger partial charge in [0.2, 0.25) is 0 Å². The number of hydrogen-bond acceptors (Lipinski definition) is 2. The van der Waals surface area contributed by atoms with Gasteiger partial charge < -0.3 is 9.13 Å². The number of nitrogens with zero attached hydrogens (tertiary/aromatic N) is 4. The largest absolute Gasteiger partial charge is 0.309 e. The number of aromatic nitrogens is 4. The van der Waals surface area contributed by atoms with E-state index in [1.54, 1.807) is 0 Å². The average Bonchev–Trinajstić information content (AvgIpc) is 3.61. The van der Waals surface area contributed by atoms with Gasteiger partial charge in [0.05, 0.1) is 33.4 Å². The molecule has 0 aliphatic rings. The summed E-state index contributed by atoms with van der Waals surface area (Å²) in [6, 6.07) is 46.7. The Morgan fingerprint density at radius 1 is 0.449 bits per heavy atom. The number of hydrogen-bond donors (Lipinski definition) is 0. The maximum atomic E-state index is 5.09. The Hall–Kier alpha value is -6.00. The third kappa shape index (κ3) is 4.59. The normalized spacial score (nSPS) is 11.8. The van der Waals surface area contributed by atoms with Crippen molar-refractivity contribution in [2.75, 3.05) is 0 Å². The SMILES string of the molecule is Cc1ccc2c(c1)c1ccccc1n2-c1cccc(-c2ccc(-n3c4ccccc4c4cc(C)ccc43)c(-c3nc(C)nc(C)c3C)c2)c1. The van der Waals surface area contributed by atoms with E-state index in [1.165, 1.54) is 54.7 Å². The molecule has 0 bridgehead atoms. The third-order valence-corrected chi connectivity index (χ3v) is 10.1. The molecule has 236 valence electrons. The van der Waals surface area contributed by atoms with Crippen molar-refractivity contribution in [1.82, 2.24) is 19.1 Å². The summed E-state index contributed by atoms with van der Waals surface area (Å²) in [6.07, 6.45) is 0. The minimum atomic E-state index is 0.774. The summed E-state index contributed by atoms with van der Waals surface area (Å²) in [4.78, 5) is 9.80. The number of aryl methyl sites for hydroxylation is 4. The van der Waals surface area contributed by atoms with Gasteiger partial charge in [-0.15, -0.1) is 0 Å². The van der Waals surface area contributed by atoms with Crippen LogP contribution in [0.2, 0.25) is 0 Å². The summed E-state index contributed by atoms with van der Waals surface area (Å²) in [7, 11) is 0. The van der Waals surface area contributed by atoms with Gasteiger partial charge in [-0.1, -0.05) is 77.9 Å². The van der Waals surface area contributed by atoms with Gasteiger partial charge >= 0.3 is 0 Å². The Morgan fingerprint density at radius 3 is 1.73 bits per heavy atom.